The molecule has 7 nitrogen and oxygen atoms in total. The van der Waals surface area contributed by atoms with Crippen LogP contribution in [0.3, 0.4) is 0 Å². The maximum atomic E-state index is 7.36. The number of ether oxygens (including phenoxy) is 3. The number of rotatable bonds is 9. The van der Waals surface area contributed by atoms with Crippen molar-refractivity contribution < 1.29 is 27.2 Å². The Labute approximate surface area is 239 Å². The van der Waals surface area contributed by atoms with Crippen molar-refractivity contribution in [2.45, 2.75) is 128 Å². The number of nitrogens with zero attached hydrogens (tertiary/aromatic N) is 1. The van der Waals surface area contributed by atoms with Crippen LogP contribution in [-0.4, -0.2) is 61.2 Å². The second kappa shape index (κ2) is 13.6. The van der Waals surface area contributed by atoms with Gasteiger partial charge in [0.15, 0.2) is 0 Å². The molecule has 0 bridgehead atoms. The van der Waals surface area contributed by atoms with Crippen LogP contribution in [0.25, 0.3) is 0 Å². The molecule has 1 aromatic rings. The van der Waals surface area contributed by atoms with E-state index in [9.17, 15) is 0 Å². The number of aromatic nitrogens is 1. The molecule has 0 aromatic carbocycles. The molecule has 2 saturated heterocycles. The summed E-state index contributed by atoms with van der Waals surface area (Å²) in [6.45, 7) is 20.4. The number of hydrogen-bond donors (Lipinski definition) is 0. The minimum Gasteiger partial charge on any atom is -0.481 e. The van der Waals surface area contributed by atoms with Gasteiger partial charge in [-0.15, -0.1) is 0 Å². The molecule has 2 fully saturated rings. The lowest BCUT2D eigenvalue weighted by Crippen LogP contribution is -2.65. The summed E-state index contributed by atoms with van der Waals surface area (Å²) in [6, 6.07) is 3.86. The normalized spacial score (nSPS) is 26.3. The maximum Gasteiger partial charge on any atom is 0.335 e. The molecule has 0 N–H and O–H groups in total. The quantitative estimate of drug-likeness (QED) is 0.177. The van der Waals surface area contributed by atoms with E-state index in [0.29, 0.717) is 18.2 Å². The third-order valence-electron chi connectivity index (χ3n) is 8.19. The largest absolute Gasteiger partial charge is 0.481 e. The van der Waals surface area contributed by atoms with E-state index < -0.39 is 23.2 Å². The lowest BCUT2D eigenvalue weighted by atomic mass is 10.00. The second-order valence-electron chi connectivity index (χ2n) is 12.0. The summed E-state index contributed by atoms with van der Waals surface area (Å²) in [4.78, 5) is 4.70. The summed E-state index contributed by atoms with van der Waals surface area (Å²) in [5, 5.41) is 0. The zero-order valence-corrected chi connectivity index (χ0v) is 28.0. The van der Waals surface area contributed by atoms with Crippen LogP contribution in [0.4, 0.5) is 0 Å². The monoisotopic (exact) mass is 577 g/mol. The fourth-order valence-electron chi connectivity index (χ4n) is 5.96. The molecule has 0 aliphatic carbocycles. The average Bonchev–Trinajstić information content (AvgIpc) is 3.21. The van der Waals surface area contributed by atoms with E-state index in [0.717, 1.165) is 24.8 Å². The zero-order chi connectivity index (χ0) is 29.0. The van der Waals surface area contributed by atoms with E-state index >= 15 is 0 Å². The molecule has 3 heterocycles. The Bertz CT molecular complexity index is 989. The maximum absolute atomic E-state index is 7.36. The third-order valence-corrected chi connectivity index (χ3v) is 18.4. The van der Waals surface area contributed by atoms with Gasteiger partial charge in [-0.25, -0.2) is 4.98 Å². The van der Waals surface area contributed by atoms with E-state index in [1.54, 1.807) is 14.2 Å². The molecule has 0 saturated carbocycles. The van der Waals surface area contributed by atoms with Gasteiger partial charge in [-0.1, -0.05) is 74.7 Å². The molecule has 0 radical (unpaired) electrons. The Morgan fingerprint density at radius 3 is 2.15 bits per heavy atom. The predicted molar refractivity (Wildman–Crippen MR) is 159 cm³/mol. The van der Waals surface area contributed by atoms with Gasteiger partial charge in [0.25, 0.3) is 0 Å². The van der Waals surface area contributed by atoms with Crippen molar-refractivity contribution in [3.8, 4) is 17.7 Å². The van der Waals surface area contributed by atoms with Crippen molar-refractivity contribution in [3.05, 3.63) is 23.4 Å². The number of unbranched alkanes of at least 4 members (excludes halogenated alkanes) is 2. The number of methoxy groups -OCH3 is 2. The molecule has 39 heavy (non-hydrogen) atoms. The molecule has 2 aliphatic heterocycles. The van der Waals surface area contributed by atoms with Crippen LogP contribution in [-0.2, 0) is 22.4 Å². The van der Waals surface area contributed by atoms with Gasteiger partial charge < -0.3 is 27.2 Å². The number of fused-ring (bicyclic) bond motifs is 1. The van der Waals surface area contributed by atoms with E-state index in [4.69, 9.17) is 32.2 Å². The fourth-order valence-corrected chi connectivity index (χ4v) is 17.2. The highest BCUT2D eigenvalue weighted by atomic mass is 28.5. The van der Waals surface area contributed by atoms with Crippen molar-refractivity contribution in [2.24, 2.45) is 0 Å². The van der Waals surface area contributed by atoms with E-state index in [2.05, 4.69) is 74.2 Å². The summed E-state index contributed by atoms with van der Waals surface area (Å²) in [7, 11) is -2.11. The molecule has 2 aliphatic rings. The molecule has 9 heteroatoms. The molecule has 0 spiro atoms. The second-order valence-corrected chi connectivity index (χ2v) is 20.9. The minimum absolute atomic E-state index is 0.225. The lowest BCUT2D eigenvalue weighted by molar-refractivity contribution is -0.0398. The van der Waals surface area contributed by atoms with Gasteiger partial charge in [0, 0.05) is 25.2 Å². The first-order valence-corrected chi connectivity index (χ1v) is 18.6. The van der Waals surface area contributed by atoms with Crippen LogP contribution in [0.1, 0.15) is 98.9 Å². The molecule has 220 valence electrons. The summed E-state index contributed by atoms with van der Waals surface area (Å²) >= 11 is 0. The highest BCUT2D eigenvalue weighted by Crippen LogP contribution is 2.49. The highest BCUT2D eigenvalue weighted by molar-refractivity contribution is 6.84. The Kier molecular flexibility index (Phi) is 11.3. The van der Waals surface area contributed by atoms with Crippen LogP contribution in [0, 0.1) is 11.8 Å². The molecule has 0 unspecified atom stereocenters. The van der Waals surface area contributed by atoms with Crippen molar-refractivity contribution in [2.75, 3.05) is 20.8 Å². The predicted octanol–water partition coefficient (Wildman–Crippen LogP) is 7.04. The third kappa shape index (κ3) is 6.48. The van der Waals surface area contributed by atoms with E-state index in [1.165, 1.54) is 0 Å². The molecular weight excluding hydrogens is 527 g/mol. The van der Waals surface area contributed by atoms with E-state index in [-0.39, 0.29) is 40.5 Å². The molecule has 4 atom stereocenters. The van der Waals surface area contributed by atoms with Crippen molar-refractivity contribution in [1.29, 1.82) is 0 Å². The standard InChI is InChI=1S/C30H51NO6Si2/c1-12-13-14-15-16-25-24(17-18-27(31-25)32-10)28-30(33-11)29-26(35-28)19-34-38(20(2)3,21(4)5)37-39(36-29,22(6)7)23(8)9/h17-18,20-23,26,28-30H,12-14,19H2,1-11H3/t26-,28+,29-,30+/m1/s1. The van der Waals surface area contributed by atoms with Gasteiger partial charge >= 0.3 is 17.1 Å². The van der Waals surface area contributed by atoms with Gasteiger partial charge in [-0.05, 0) is 40.6 Å². The minimum atomic E-state index is -2.80. The smallest absolute Gasteiger partial charge is 0.335 e. The highest BCUT2D eigenvalue weighted by Gasteiger charge is 2.62. The van der Waals surface area contributed by atoms with Crippen LogP contribution in [0.2, 0.25) is 22.2 Å². The van der Waals surface area contributed by atoms with Crippen molar-refractivity contribution in [1.82, 2.24) is 4.98 Å². The molecule has 3 rings (SSSR count). The Balaban J connectivity index is 2.10. The molecule has 0 amide bonds. The molecule has 1 aromatic heterocycles. The summed E-state index contributed by atoms with van der Waals surface area (Å²) < 4.78 is 39.9. The van der Waals surface area contributed by atoms with Gasteiger partial charge in [0.1, 0.15) is 30.1 Å². The van der Waals surface area contributed by atoms with Crippen LogP contribution < -0.4 is 4.74 Å². The van der Waals surface area contributed by atoms with Gasteiger partial charge in [-0.2, -0.15) is 0 Å². The Morgan fingerprint density at radius 1 is 0.974 bits per heavy atom. The van der Waals surface area contributed by atoms with Gasteiger partial charge in [0.2, 0.25) is 5.88 Å². The zero-order valence-electron chi connectivity index (χ0n) is 26.0. The van der Waals surface area contributed by atoms with Crippen LogP contribution in [0.5, 0.6) is 5.88 Å². The first-order chi connectivity index (χ1) is 18.5. The van der Waals surface area contributed by atoms with Crippen molar-refractivity contribution in [3.63, 3.8) is 0 Å². The summed E-state index contributed by atoms with van der Waals surface area (Å²) in [5.41, 5.74) is 2.54. The van der Waals surface area contributed by atoms with Crippen LogP contribution in [0.15, 0.2) is 12.1 Å². The van der Waals surface area contributed by atoms with Gasteiger partial charge in [-0.3, -0.25) is 0 Å². The average molecular weight is 578 g/mol. The topological polar surface area (TPSA) is 68.3 Å². The van der Waals surface area contributed by atoms with Gasteiger partial charge in [0.05, 0.1) is 13.7 Å². The fraction of sp³-hybridized carbons (Fsp3) is 0.767. The SMILES string of the molecule is CCCCC#Cc1nc(OC)ccc1[C@@H]1O[C@@H]2CO[Si](C(C)C)(C(C)C)O[Si](C(C)C)(C(C)C)O[C@H]2[C@H]1OC. The number of hydrogen-bond acceptors (Lipinski definition) is 7. The van der Waals surface area contributed by atoms with E-state index in [1.807, 2.05) is 12.1 Å². The Morgan fingerprint density at radius 2 is 1.62 bits per heavy atom. The summed E-state index contributed by atoms with van der Waals surface area (Å²) in [6.07, 6.45) is 1.60. The van der Waals surface area contributed by atoms with Crippen molar-refractivity contribution >= 4 is 17.1 Å². The summed E-state index contributed by atoms with van der Waals surface area (Å²) in [5.74, 6) is 7.10. The Hall–Kier alpha value is -1.26. The first-order valence-electron chi connectivity index (χ1n) is 14.7. The number of pyridine rings is 1. The molecular formula is C30H51NO6Si2. The lowest BCUT2D eigenvalue weighted by Gasteiger charge is -2.51. The first kappa shape index (κ1) is 32.3. The van der Waals surface area contributed by atoms with Crippen LogP contribution >= 0.6 is 0 Å².